The van der Waals surface area contributed by atoms with Crippen LogP contribution in [0.2, 0.25) is 0 Å². The quantitative estimate of drug-likeness (QED) is 0.804. The molecule has 2 aliphatic rings. The van der Waals surface area contributed by atoms with Crippen molar-refractivity contribution >= 4 is 0 Å². The molecule has 2 N–H and O–H groups in total. The summed E-state index contributed by atoms with van der Waals surface area (Å²) in [5.74, 6) is 0.894. The van der Waals surface area contributed by atoms with Crippen molar-refractivity contribution in [3.8, 4) is 0 Å². The van der Waals surface area contributed by atoms with Crippen LogP contribution < -0.4 is 10.6 Å². The van der Waals surface area contributed by atoms with Crippen LogP contribution in [0.3, 0.4) is 0 Å². The second kappa shape index (κ2) is 7.05. The zero-order chi connectivity index (χ0) is 13.7. The molecule has 0 aromatic carbocycles. The lowest BCUT2D eigenvalue weighted by atomic mass is 9.73. The summed E-state index contributed by atoms with van der Waals surface area (Å²) in [6.45, 7) is 11.1. The Labute approximate surface area is 118 Å². The Bertz CT molecular complexity index is 251. The number of morpholine rings is 1. The van der Waals surface area contributed by atoms with Gasteiger partial charge >= 0.3 is 0 Å². The molecule has 2 atom stereocenters. The van der Waals surface area contributed by atoms with Crippen molar-refractivity contribution in [1.82, 2.24) is 10.6 Å². The number of rotatable bonds is 5. The van der Waals surface area contributed by atoms with Crippen molar-refractivity contribution in [1.29, 1.82) is 0 Å². The average Bonchev–Trinajstić information content (AvgIpc) is 2.39. The molecular weight excluding hydrogens is 236 g/mol. The molecule has 112 valence electrons. The van der Waals surface area contributed by atoms with E-state index in [1.165, 1.54) is 38.6 Å². The minimum Gasteiger partial charge on any atom is -0.379 e. The van der Waals surface area contributed by atoms with Crippen molar-refractivity contribution in [2.75, 3.05) is 26.3 Å². The zero-order valence-corrected chi connectivity index (χ0v) is 13.0. The van der Waals surface area contributed by atoms with Crippen molar-refractivity contribution < 1.29 is 4.74 Å². The summed E-state index contributed by atoms with van der Waals surface area (Å²) < 4.78 is 5.51. The molecule has 1 heterocycles. The summed E-state index contributed by atoms with van der Waals surface area (Å²) in [5, 5.41) is 7.27. The summed E-state index contributed by atoms with van der Waals surface area (Å²) in [6, 6.07) is 1.13. The predicted molar refractivity (Wildman–Crippen MR) is 80.4 cm³/mol. The van der Waals surface area contributed by atoms with Gasteiger partial charge in [0.1, 0.15) is 0 Å². The molecule has 2 rings (SSSR count). The monoisotopic (exact) mass is 268 g/mol. The van der Waals surface area contributed by atoms with Crippen LogP contribution in [0.4, 0.5) is 0 Å². The number of ether oxygens (including phenoxy) is 1. The lowest BCUT2D eigenvalue weighted by molar-refractivity contribution is 0.0708. The van der Waals surface area contributed by atoms with E-state index in [0.717, 1.165) is 25.7 Å². The normalized spacial score (nSPS) is 30.2. The van der Waals surface area contributed by atoms with Crippen LogP contribution in [0, 0.1) is 11.3 Å². The van der Waals surface area contributed by atoms with Gasteiger partial charge in [0.25, 0.3) is 0 Å². The van der Waals surface area contributed by atoms with Crippen LogP contribution in [-0.2, 0) is 4.74 Å². The van der Waals surface area contributed by atoms with E-state index < -0.39 is 0 Å². The summed E-state index contributed by atoms with van der Waals surface area (Å²) in [4.78, 5) is 0. The van der Waals surface area contributed by atoms with Gasteiger partial charge in [-0.05, 0) is 56.9 Å². The predicted octanol–water partition coefficient (Wildman–Crippen LogP) is 2.56. The molecule has 2 fully saturated rings. The van der Waals surface area contributed by atoms with Gasteiger partial charge in [-0.3, -0.25) is 0 Å². The highest BCUT2D eigenvalue weighted by atomic mass is 16.5. The van der Waals surface area contributed by atoms with Gasteiger partial charge < -0.3 is 15.4 Å². The zero-order valence-electron chi connectivity index (χ0n) is 13.0. The third kappa shape index (κ3) is 5.41. The first-order chi connectivity index (χ1) is 9.05. The molecule has 0 aromatic heterocycles. The fourth-order valence-electron chi connectivity index (χ4n) is 3.31. The first-order valence-electron chi connectivity index (χ1n) is 8.10. The van der Waals surface area contributed by atoms with E-state index in [2.05, 4.69) is 31.4 Å². The Balaban J connectivity index is 1.59. The van der Waals surface area contributed by atoms with Crippen LogP contribution in [0.25, 0.3) is 0 Å². The van der Waals surface area contributed by atoms with Crippen molar-refractivity contribution in [3.63, 3.8) is 0 Å². The molecule has 0 spiro atoms. The minimum absolute atomic E-state index is 0.543. The maximum atomic E-state index is 5.51. The van der Waals surface area contributed by atoms with Gasteiger partial charge in [0.15, 0.2) is 0 Å². The Kier molecular flexibility index (Phi) is 5.67. The molecule has 1 saturated heterocycles. The van der Waals surface area contributed by atoms with Crippen LogP contribution >= 0.6 is 0 Å². The second-order valence-corrected chi connectivity index (χ2v) is 7.38. The van der Waals surface area contributed by atoms with Crippen LogP contribution in [0.1, 0.15) is 52.9 Å². The summed E-state index contributed by atoms with van der Waals surface area (Å²) >= 11 is 0. The molecule has 19 heavy (non-hydrogen) atoms. The Morgan fingerprint density at radius 2 is 2.05 bits per heavy atom. The van der Waals surface area contributed by atoms with E-state index in [-0.39, 0.29) is 0 Å². The molecule has 1 saturated carbocycles. The van der Waals surface area contributed by atoms with E-state index >= 15 is 0 Å². The fraction of sp³-hybridized carbons (Fsp3) is 1.00. The van der Waals surface area contributed by atoms with E-state index in [1.807, 2.05) is 0 Å². The average molecular weight is 268 g/mol. The first-order valence-corrected chi connectivity index (χ1v) is 8.10. The third-order valence-corrected chi connectivity index (χ3v) is 4.85. The van der Waals surface area contributed by atoms with Crippen molar-refractivity contribution in [2.45, 2.75) is 65.0 Å². The van der Waals surface area contributed by atoms with Gasteiger partial charge in [0.2, 0.25) is 0 Å². The number of nitrogens with one attached hydrogen (secondary N) is 2. The van der Waals surface area contributed by atoms with Crippen molar-refractivity contribution in [3.05, 3.63) is 0 Å². The van der Waals surface area contributed by atoms with Crippen molar-refractivity contribution in [2.24, 2.45) is 11.3 Å². The minimum atomic E-state index is 0.543. The van der Waals surface area contributed by atoms with E-state index in [9.17, 15) is 0 Å². The lowest BCUT2D eigenvalue weighted by Crippen LogP contribution is -2.45. The first kappa shape index (κ1) is 15.3. The molecule has 0 aromatic rings. The highest BCUT2D eigenvalue weighted by molar-refractivity contribution is 4.81. The van der Waals surface area contributed by atoms with Gasteiger partial charge in [0, 0.05) is 18.6 Å². The molecule has 2 unspecified atom stereocenters. The largest absolute Gasteiger partial charge is 0.379 e. The van der Waals surface area contributed by atoms with Crippen LogP contribution in [0.5, 0.6) is 0 Å². The third-order valence-electron chi connectivity index (χ3n) is 4.85. The Hall–Kier alpha value is -0.120. The SMILES string of the molecule is CC(CC1COCCN1)NCC1CCC(C)(C)CC1. The smallest absolute Gasteiger partial charge is 0.0620 e. The fourth-order valence-corrected chi connectivity index (χ4v) is 3.31. The molecule has 1 aliphatic heterocycles. The second-order valence-electron chi connectivity index (χ2n) is 7.38. The molecule has 0 radical (unpaired) electrons. The van der Waals surface area contributed by atoms with Gasteiger partial charge in [-0.1, -0.05) is 13.8 Å². The standard InChI is InChI=1S/C16H32N2O/c1-13(10-15-12-19-9-8-17-15)18-11-14-4-6-16(2,3)7-5-14/h13-15,17-18H,4-12H2,1-3H3. The van der Waals surface area contributed by atoms with E-state index in [4.69, 9.17) is 4.74 Å². The molecule has 3 nitrogen and oxygen atoms in total. The highest BCUT2D eigenvalue weighted by Gasteiger charge is 2.26. The molecule has 3 heteroatoms. The Morgan fingerprint density at radius 1 is 1.32 bits per heavy atom. The Morgan fingerprint density at radius 3 is 2.68 bits per heavy atom. The molecule has 0 amide bonds. The van der Waals surface area contributed by atoms with Crippen LogP contribution in [0.15, 0.2) is 0 Å². The summed E-state index contributed by atoms with van der Waals surface area (Å²) in [6.07, 6.45) is 6.77. The maximum Gasteiger partial charge on any atom is 0.0620 e. The van der Waals surface area contributed by atoms with Gasteiger partial charge in [0.05, 0.1) is 13.2 Å². The summed E-state index contributed by atoms with van der Waals surface area (Å²) in [5.41, 5.74) is 0.589. The molecular formula is C16H32N2O. The highest BCUT2D eigenvalue weighted by Crippen LogP contribution is 2.37. The van der Waals surface area contributed by atoms with Gasteiger partial charge in [-0.25, -0.2) is 0 Å². The molecule has 0 bridgehead atoms. The van der Waals surface area contributed by atoms with E-state index in [0.29, 0.717) is 17.5 Å². The lowest BCUT2D eigenvalue weighted by Gasteiger charge is -2.35. The van der Waals surface area contributed by atoms with E-state index in [1.54, 1.807) is 0 Å². The van der Waals surface area contributed by atoms with Gasteiger partial charge in [-0.2, -0.15) is 0 Å². The number of hydrogen-bond acceptors (Lipinski definition) is 3. The van der Waals surface area contributed by atoms with Gasteiger partial charge in [-0.15, -0.1) is 0 Å². The molecule has 1 aliphatic carbocycles. The summed E-state index contributed by atoms with van der Waals surface area (Å²) in [7, 11) is 0. The number of hydrogen-bond donors (Lipinski definition) is 2. The topological polar surface area (TPSA) is 33.3 Å². The van der Waals surface area contributed by atoms with Crippen LogP contribution in [-0.4, -0.2) is 38.4 Å². The maximum absolute atomic E-state index is 5.51.